The quantitative estimate of drug-likeness (QED) is 0.580. The molecule has 0 atom stereocenters. The van der Waals surface area contributed by atoms with E-state index < -0.39 is 23.6 Å². The Morgan fingerprint density at radius 2 is 1.85 bits per heavy atom. The Balaban J connectivity index is 2.17. The third kappa shape index (κ3) is 3.38. The number of carbonyl (C=O) groups is 2. The van der Waals surface area contributed by atoms with Crippen LogP contribution in [0.4, 0.5) is 13.2 Å². The van der Waals surface area contributed by atoms with Crippen molar-refractivity contribution in [2.45, 2.75) is 13.1 Å². The Labute approximate surface area is 159 Å². The molecule has 0 spiro atoms. The normalized spacial score (nSPS) is 11.8. The van der Waals surface area contributed by atoms with Crippen LogP contribution in [0.3, 0.4) is 0 Å². The van der Waals surface area contributed by atoms with Crippen LogP contribution in [0.2, 0.25) is 10.0 Å². The number of aromatic amines is 1. The molecule has 0 bridgehead atoms. The highest BCUT2D eigenvalue weighted by Crippen LogP contribution is 2.33. The first-order valence-electron chi connectivity index (χ1n) is 7.34. The van der Waals surface area contributed by atoms with Gasteiger partial charge in [0.05, 0.1) is 26.9 Å². The monoisotopic (exact) mass is 416 g/mol. The van der Waals surface area contributed by atoms with Gasteiger partial charge in [0.1, 0.15) is 11.3 Å². The van der Waals surface area contributed by atoms with Crippen LogP contribution in [-0.2, 0) is 6.18 Å². The Kier molecular flexibility index (Phi) is 4.65. The van der Waals surface area contributed by atoms with E-state index in [1.165, 1.54) is 19.1 Å². The Morgan fingerprint density at radius 1 is 1.19 bits per heavy atom. The van der Waals surface area contributed by atoms with Crippen LogP contribution >= 0.6 is 23.2 Å². The van der Waals surface area contributed by atoms with Crippen molar-refractivity contribution in [3.63, 3.8) is 0 Å². The van der Waals surface area contributed by atoms with E-state index in [4.69, 9.17) is 28.3 Å². The van der Waals surface area contributed by atoms with E-state index in [1.807, 2.05) is 0 Å². The molecule has 0 radical (unpaired) electrons. The van der Waals surface area contributed by atoms with Gasteiger partial charge in [-0.25, -0.2) is 9.78 Å². The molecule has 0 aliphatic rings. The second kappa shape index (κ2) is 6.54. The molecule has 140 valence electrons. The van der Waals surface area contributed by atoms with E-state index in [0.717, 1.165) is 12.1 Å². The molecule has 1 aromatic carbocycles. The maximum atomic E-state index is 12.9. The minimum Gasteiger partial charge on any atom is -0.478 e. The van der Waals surface area contributed by atoms with Crippen LogP contribution in [0, 0.1) is 6.92 Å². The number of aryl methyl sites for hydroxylation is 1. The van der Waals surface area contributed by atoms with Crippen LogP contribution in [0.15, 0.2) is 24.3 Å². The van der Waals surface area contributed by atoms with Gasteiger partial charge in [-0.1, -0.05) is 23.2 Å². The summed E-state index contributed by atoms with van der Waals surface area (Å²) in [7, 11) is 0. The topological polar surface area (TPSA) is 83.0 Å². The van der Waals surface area contributed by atoms with Gasteiger partial charge in [0.2, 0.25) is 5.78 Å². The van der Waals surface area contributed by atoms with E-state index >= 15 is 0 Å². The molecule has 2 N–H and O–H groups in total. The summed E-state index contributed by atoms with van der Waals surface area (Å²) in [6.07, 6.45) is -4.64. The Hall–Kier alpha value is -2.58. The van der Waals surface area contributed by atoms with Crippen molar-refractivity contribution in [2.24, 2.45) is 0 Å². The lowest BCUT2D eigenvalue weighted by Crippen LogP contribution is -2.09. The number of halogens is 5. The number of pyridine rings is 1. The number of benzene rings is 1. The summed E-state index contributed by atoms with van der Waals surface area (Å²) < 4.78 is 38.8. The summed E-state index contributed by atoms with van der Waals surface area (Å²) >= 11 is 12.0. The van der Waals surface area contributed by atoms with Crippen molar-refractivity contribution >= 4 is 46.0 Å². The highest BCUT2D eigenvalue weighted by molar-refractivity contribution is 6.42. The molecule has 10 heteroatoms. The number of aromatic nitrogens is 2. The van der Waals surface area contributed by atoms with Crippen molar-refractivity contribution in [2.75, 3.05) is 0 Å². The van der Waals surface area contributed by atoms with Gasteiger partial charge in [0, 0.05) is 5.39 Å². The summed E-state index contributed by atoms with van der Waals surface area (Å²) in [6, 6.07) is 4.55. The zero-order valence-electron chi connectivity index (χ0n) is 13.4. The maximum Gasteiger partial charge on any atom is 0.433 e. The van der Waals surface area contributed by atoms with Crippen molar-refractivity contribution in [3.8, 4) is 0 Å². The number of aromatic carboxylic acids is 1. The number of carboxylic acids is 1. The summed E-state index contributed by atoms with van der Waals surface area (Å²) in [5.41, 5.74) is -1.68. The second-order valence-electron chi connectivity index (χ2n) is 5.69. The molecule has 27 heavy (non-hydrogen) atoms. The maximum absolute atomic E-state index is 12.9. The van der Waals surface area contributed by atoms with Gasteiger partial charge in [-0.05, 0) is 36.8 Å². The van der Waals surface area contributed by atoms with Gasteiger partial charge in [-0.3, -0.25) is 4.79 Å². The molecule has 0 saturated heterocycles. The molecule has 0 saturated carbocycles. The van der Waals surface area contributed by atoms with E-state index in [9.17, 15) is 22.8 Å². The third-order valence-corrected chi connectivity index (χ3v) is 4.60. The van der Waals surface area contributed by atoms with Gasteiger partial charge in [-0.2, -0.15) is 13.2 Å². The first-order valence-corrected chi connectivity index (χ1v) is 8.10. The number of rotatable bonds is 3. The van der Waals surface area contributed by atoms with E-state index in [2.05, 4.69) is 9.97 Å². The van der Waals surface area contributed by atoms with E-state index in [-0.39, 0.29) is 38.1 Å². The SMILES string of the molecule is Cc1cc(C(F)(F)F)nc2[nH]c(C(=O)c3c(Cl)ccc(C(=O)O)c3Cl)cc12. The average Bonchev–Trinajstić information content (AvgIpc) is 2.98. The fourth-order valence-electron chi connectivity index (χ4n) is 2.60. The van der Waals surface area contributed by atoms with Crippen molar-refractivity contribution in [3.05, 3.63) is 62.4 Å². The molecule has 2 heterocycles. The number of hydrogen-bond donors (Lipinski definition) is 2. The van der Waals surface area contributed by atoms with Crippen LogP contribution in [0.1, 0.15) is 37.7 Å². The molecule has 3 aromatic rings. The first-order chi connectivity index (χ1) is 12.5. The van der Waals surface area contributed by atoms with Crippen LogP contribution in [-0.4, -0.2) is 26.8 Å². The van der Waals surface area contributed by atoms with Gasteiger partial charge < -0.3 is 10.1 Å². The molecule has 5 nitrogen and oxygen atoms in total. The van der Waals surface area contributed by atoms with Crippen LogP contribution in [0.25, 0.3) is 11.0 Å². The van der Waals surface area contributed by atoms with E-state index in [1.54, 1.807) is 0 Å². The highest BCUT2D eigenvalue weighted by Gasteiger charge is 2.33. The van der Waals surface area contributed by atoms with Crippen molar-refractivity contribution in [1.29, 1.82) is 0 Å². The van der Waals surface area contributed by atoms with Gasteiger partial charge in [0.25, 0.3) is 0 Å². The summed E-state index contributed by atoms with van der Waals surface area (Å²) in [6.45, 7) is 1.45. The summed E-state index contributed by atoms with van der Waals surface area (Å²) in [4.78, 5) is 30.0. The highest BCUT2D eigenvalue weighted by atomic mass is 35.5. The Morgan fingerprint density at radius 3 is 2.44 bits per heavy atom. The molecular weight excluding hydrogens is 408 g/mol. The van der Waals surface area contributed by atoms with Gasteiger partial charge in [-0.15, -0.1) is 0 Å². The summed E-state index contributed by atoms with van der Waals surface area (Å²) in [5, 5.41) is 8.99. The summed E-state index contributed by atoms with van der Waals surface area (Å²) in [5.74, 6) is -2.12. The van der Waals surface area contributed by atoms with E-state index in [0.29, 0.717) is 5.39 Å². The lowest BCUT2D eigenvalue weighted by atomic mass is 10.0. The lowest BCUT2D eigenvalue weighted by molar-refractivity contribution is -0.141. The number of nitrogens with one attached hydrogen (secondary N) is 1. The Bertz CT molecular complexity index is 1110. The number of carbonyl (C=O) groups excluding carboxylic acids is 1. The predicted molar refractivity (Wildman–Crippen MR) is 92.7 cm³/mol. The lowest BCUT2D eigenvalue weighted by Gasteiger charge is -2.07. The minimum absolute atomic E-state index is 0.0886. The molecule has 2 aromatic heterocycles. The fraction of sp³-hybridized carbons (Fsp3) is 0.118. The molecule has 3 rings (SSSR count). The number of ketones is 1. The standard InChI is InChI=1S/C17H9Cl2F3N2O3/c1-6-4-11(17(20,21)22)24-15-8(6)5-10(23-15)14(25)12-9(18)3-2-7(13(12)19)16(26)27/h2-5H,1H3,(H,23,24)(H,26,27). The zero-order chi connectivity index (χ0) is 20.1. The fourth-order valence-corrected chi connectivity index (χ4v) is 3.22. The van der Waals surface area contributed by atoms with Crippen LogP contribution in [0.5, 0.6) is 0 Å². The number of nitrogens with zero attached hydrogens (tertiary/aromatic N) is 1. The molecule has 0 amide bonds. The smallest absolute Gasteiger partial charge is 0.433 e. The number of carboxylic acid groups (broad SMARTS) is 1. The molecule has 0 aliphatic carbocycles. The molecular formula is C17H9Cl2F3N2O3. The number of alkyl halides is 3. The van der Waals surface area contributed by atoms with Crippen LogP contribution < -0.4 is 0 Å². The van der Waals surface area contributed by atoms with Gasteiger partial charge in [0.15, 0.2) is 0 Å². The third-order valence-electron chi connectivity index (χ3n) is 3.89. The first kappa shape index (κ1) is 19.2. The molecule has 0 unspecified atom stereocenters. The zero-order valence-corrected chi connectivity index (χ0v) is 14.9. The molecule has 0 fully saturated rings. The van der Waals surface area contributed by atoms with Gasteiger partial charge >= 0.3 is 12.1 Å². The average molecular weight is 417 g/mol. The number of H-pyrrole nitrogens is 1. The molecule has 0 aliphatic heterocycles. The minimum atomic E-state index is -4.64. The number of fused-ring (bicyclic) bond motifs is 1. The van der Waals surface area contributed by atoms with Crippen molar-refractivity contribution in [1.82, 2.24) is 9.97 Å². The number of hydrogen-bond acceptors (Lipinski definition) is 3. The predicted octanol–water partition coefficient (Wildman–Crippen LogP) is 5.13. The largest absolute Gasteiger partial charge is 0.478 e. The second-order valence-corrected chi connectivity index (χ2v) is 6.47. The van der Waals surface area contributed by atoms with Crippen molar-refractivity contribution < 1.29 is 27.9 Å².